The molecular weight excluding hydrogens is 298 g/mol. The van der Waals surface area contributed by atoms with Crippen molar-refractivity contribution in [3.8, 4) is 0 Å². The van der Waals surface area contributed by atoms with E-state index in [1.54, 1.807) is 24.0 Å². The average molecular weight is 329 g/mol. The molecule has 0 atom stereocenters. The summed E-state index contributed by atoms with van der Waals surface area (Å²) < 4.78 is 10.3. The van der Waals surface area contributed by atoms with Crippen LogP contribution in [0.1, 0.15) is 33.6 Å². The first-order valence-corrected chi connectivity index (χ1v) is 8.18. The highest BCUT2D eigenvalue weighted by Gasteiger charge is 2.27. The summed E-state index contributed by atoms with van der Waals surface area (Å²) in [6, 6.07) is -0.0865. The molecule has 0 aromatic carbocycles. The van der Waals surface area contributed by atoms with Crippen LogP contribution < -0.4 is 5.32 Å². The highest BCUT2D eigenvalue weighted by atomic mass is 16.6. The fourth-order valence-corrected chi connectivity index (χ4v) is 2.49. The summed E-state index contributed by atoms with van der Waals surface area (Å²) in [4.78, 5) is 27.4. The van der Waals surface area contributed by atoms with Crippen LogP contribution in [0.3, 0.4) is 0 Å². The molecular formula is C16H31N3O4. The average Bonchev–Trinajstić information content (AvgIpc) is 2.46. The van der Waals surface area contributed by atoms with Crippen molar-refractivity contribution in [1.29, 1.82) is 0 Å². The van der Waals surface area contributed by atoms with E-state index in [1.807, 2.05) is 20.8 Å². The molecule has 0 radical (unpaired) electrons. The van der Waals surface area contributed by atoms with Gasteiger partial charge in [0.25, 0.3) is 0 Å². The number of rotatable bonds is 5. The van der Waals surface area contributed by atoms with Gasteiger partial charge in [0.2, 0.25) is 0 Å². The first-order chi connectivity index (χ1) is 10.7. The van der Waals surface area contributed by atoms with E-state index in [-0.39, 0.29) is 12.1 Å². The van der Waals surface area contributed by atoms with E-state index in [2.05, 4.69) is 5.32 Å². The molecule has 7 nitrogen and oxygen atoms in total. The van der Waals surface area contributed by atoms with Crippen LogP contribution in [0, 0.1) is 5.92 Å². The normalized spacial score (nSPS) is 16.1. The van der Waals surface area contributed by atoms with Crippen LogP contribution in [-0.4, -0.2) is 74.5 Å². The number of piperidine rings is 1. The van der Waals surface area contributed by atoms with E-state index in [1.165, 1.54) is 0 Å². The minimum Gasteiger partial charge on any atom is -0.444 e. The Kier molecular flexibility index (Phi) is 7.61. The van der Waals surface area contributed by atoms with Gasteiger partial charge < -0.3 is 24.6 Å². The summed E-state index contributed by atoms with van der Waals surface area (Å²) in [5.41, 5.74) is -0.464. The molecule has 3 amide bonds. The standard InChI is InChI=1S/C16H31N3O4/c1-16(2,3)23-15(21)19-9-6-13(7-10-19)12-18(4)14(20)17-8-11-22-5/h13H,6-12H2,1-5H3,(H,17,20). The summed E-state index contributed by atoms with van der Waals surface area (Å²) in [5, 5.41) is 2.80. The van der Waals surface area contributed by atoms with Gasteiger partial charge >= 0.3 is 12.1 Å². The molecule has 1 saturated heterocycles. The van der Waals surface area contributed by atoms with Crippen LogP contribution >= 0.6 is 0 Å². The van der Waals surface area contributed by atoms with Crippen molar-refractivity contribution in [3.05, 3.63) is 0 Å². The van der Waals surface area contributed by atoms with Gasteiger partial charge in [-0.05, 0) is 39.5 Å². The molecule has 1 fully saturated rings. The van der Waals surface area contributed by atoms with Crippen LogP contribution in [0.4, 0.5) is 9.59 Å². The molecule has 1 aliphatic rings. The van der Waals surface area contributed by atoms with Crippen LogP contribution in [0.5, 0.6) is 0 Å². The van der Waals surface area contributed by atoms with Crippen LogP contribution in [0.2, 0.25) is 0 Å². The molecule has 1 rings (SSSR count). The van der Waals surface area contributed by atoms with Crippen LogP contribution in [0.25, 0.3) is 0 Å². The number of amides is 3. The molecule has 1 heterocycles. The topological polar surface area (TPSA) is 71.1 Å². The second kappa shape index (κ2) is 8.96. The van der Waals surface area contributed by atoms with E-state index < -0.39 is 5.60 Å². The minimum atomic E-state index is -0.464. The third kappa shape index (κ3) is 7.54. The van der Waals surface area contributed by atoms with E-state index in [0.717, 1.165) is 12.8 Å². The summed E-state index contributed by atoms with van der Waals surface area (Å²) in [6.45, 7) is 8.68. The fourth-order valence-electron chi connectivity index (χ4n) is 2.49. The van der Waals surface area contributed by atoms with Crippen molar-refractivity contribution in [2.24, 2.45) is 5.92 Å². The third-order valence-electron chi connectivity index (χ3n) is 3.73. The van der Waals surface area contributed by atoms with Crippen molar-refractivity contribution in [1.82, 2.24) is 15.1 Å². The van der Waals surface area contributed by atoms with Gasteiger partial charge in [0.15, 0.2) is 0 Å². The number of ether oxygens (including phenoxy) is 2. The number of urea groups is 1. The minimum absolute atomic E-state index is 0.0865. The third-order valence-corrected chi connectivity index (χ3v) is 3.73. The molecule has 0 aliphatic carbocycles. The van der Waals surface area contributed by atoms with Gasteiger partial charge in [-0.15, -0.1) is 0 Å². The maximum Gasteiger partial charge on any atom is 0.410 e. The van der Waals surface area contributed by atoms with E-state index in [0.29, 0.717) is 38.7 Å². The zero-order valence-corrected chi connectivity index (χ0v) is 15.1. The second-order valence-electron chi connectivity index (χ2n) is 7.02. The quantitative estimate of drug-likeness (QED) is 0.782. The second-order valence-corrected chi connectivity index (χ2v) is 7.02. The van der Waals surface area contributed by atoms with Crippen molar-refractivity contribution in [3.63, 3.8) is 0 Å². The maximum absolute atomic E-state index is 12.0. The Morgan fingerprint density at radius 2 is 1.87 bits per heavy atom. The van der Waals surface area contributed by atoms with Crippen molar-refractivity contribution >= 4 is 12.1 Å². The largest absolute Gasteiger partial charge is 0.444 e. The van der Waals surface area contributed by atoms with Gasteiger partial charge in [-0.3, -0.25) is 0 Å². The van der Waals surface area contributed by atoms with Gasteiger partial charge in [0.05, 0.1) is 6.61 Å². The van der Waals surface area contributed by atoms with Crippen molar-refractivity contribution in [2.75, 3.05) is 46.9 Å². The van der Waals surface area contributed by atoms with Crippen molar-refractivity contribution < 1.29 is 19.1 Å². The highest BCUT2D eigenvalue weighted by Crippen LogP contribution is 2.20. The number of hydrogen-bond donors (Lipinski definition) is 1. The lowest BCUT2D eigenvalue weighted by atomic mass is 9.96. The lowest BCUT2D eigenvalue weighted by Crippen LogP contribution is -2.45. The monoisotopic (exact) mass is 329 g/mol. The number of hydrogen-bond acceptors (Lipinski definition) is 4. The Labute approximate surface area is 139 Å². The first kappa shape index (κ1) is 19.5. The smallest absolute Gasteiger partial charge is 0.410 e. The van der Waals surface area contributed by atoms with Crippen LogP contribution in [-0.2, 0) is 9.47 Å². The lowest BCUT2D eigenvalue weighted by molar-refractivity contribution is 0.0176. The Balaban J connectivity index is 2.30. The van der Waals surface area contributed by atoms with E-state index in [9.17, 15) is 9.59 Å². The zero-order chi connectivity index (χ0) is 17.5. The Hall–Kier alpha value is -1.50. The van der Waals surface area contributed by atoms with E-state index >= 15 is 0 Å². The van der Waals surface area contributed by atoms with Gasteiger partial charge in [-0.1, -0.05) is 0 Å². The van der Waals surface area contributed by atoms with Gasteiger partial charge in [-0.2, -0.15) is 0 Å². The fraction of sp³-hybridized carbons (Fsp3) is 0.875. The molecule has 7 heteroatoms. The Morgan fingerprint density at radius 1 is 1.26 bits per heavy atom. The van der Waals surface area contributed by atoms with Crippen molar-refractivity contribution in [2.45, 2.75) is 39.2 Å². The zero-order valence-electron chi connectivity index (χ0n) is 15.1. The SMILES string of the molecule is COCCNC(=O)N(C)CC1CCN(C(=O)OC(C)(C)C)CC1. The summed E-state index contributed by atoms with van der Waals surface area (Å²) in [7, 11) is 3.40. The molecule has 0 aromatic rings. The number of methoxy groups -OCH3 is 1. The van der Waals surface area contributed by atoms with Gasteiger partial charge in [0, 0.05) is 40.3 Å². The highest BCUT2D eigenvalue weighted by molar-refractivity contribution is 5.73. The molecule has 0 saturated carbocycles. The molecule has 0 aromatic heterocycles. The summed E-state index contributed by atoms with van der Waals surface area (Å²) in [5.74, 6) is 0.409. The van der Waals surface area contributed by atoms with Gasteiger partial charge in [0.1, 0.15) is 5.60 Å². The molecule has 23 heavy (non-hydrogen) atoms. The first-order valence-electron chi connectivity index (χ1n) is 8.18. The molecule has 134 valence electrons. The van der Waals surface area contributed by atoms with Gasteiger partial charge in [-0.25, -0.2) is 9.59 Å². The number of nitrogens with one attached hydrogen (secondary N) is 1. The maximum atomic E-state index is 12.0. The molecule has 0 bridgehead atoms. The summed E-state index contributed by atoms with van der Waals surface area (Å²) in [6.07, 6.45) is 1.52. The Morgan fingerprint density at radius 3 is 2.39 bits per heavy atom. The number of likely N-dealkylation sites (tertiary alicyclic amines) is 1. The molecule has 0 unspecified atom stereocenters. The number of carbonyl (C=O) groups excluding carboxylic acids is 2. The van der Waals surface area contributed by atoms with Crippen LogP contribution in [0.15, 0.2) is 0 Å². The number of carbonyl (C=O) groups is 2. The Bertz CT molecular complexity index is 387. The lowest BCUT2D eigenvalue weighted by Gasteiger charge is -2.34. The molecule has 0 spiro atoms. The predicted molar refractivity (Wildman–Crippen MR) is 88.4 cm³/mol. The number of nitrogens with zero attached hydrogens (tertiary/aromatic N) is 2. The molecule has 1 aliphatic heterocycles. The molecule has 1 N–H and O–H groups in total. The summed E-state index contributed by atoms with van der Waals surface area (Å²) >= 11 is 0. The predicted octanol–water partition coefficient (Wildman–Crippen LogP) is 1.92. The van der Waals surface area contributed by atoms with E-state index in [4.69, 9.17) is 9.47 Å².